The van der Waals surface area contributed by atoms with E-state index in [4.69, 9.17) is 20.5 Å². The molecule has 0 bridgehead atoms. The Hall–Kier alpha value is -2.90. The zero-order chi connectivity index (χ0) is 19.9. The maximum Gasteiger partial charge on any atom is 0.231 e. The third-order valence-corrected chi connectivity index (χ3v) is 4.92. The Bertz CT molecular complexity index is 814. The molecule has 1 aliphatic rings. The van der Waals surface area contributed by atoms with Crippen LogP contribution in [0.25, 0.3) is 11.4 Å². The fourth-order valence-corrected chi connectivity index (χ4v) is 3.17. The van der Waals surface area contributed by atoms with Gasteiger partial charge in [-0.3, -0.25) is 5.41 Å². The Labute approximate surface area is 165 Å². The lowest BCUT2D eigenvalue weighted by atomic mass is 10.1. The van der Waals surface area contributed by atoms with Crippen molar-refractivity contribution in [2.45, 2.75) is 45.4 Å². The number of oxime groups is 1. The number of guanidine groups is 1. The molecule has 1 aromatic carbocycles. The minimum Gasteiger partial charge on any atom is -0.396 e. The smallest absolute Gasteiger partial charge is 0.231 e. The molecule has 8 nitrogen and oxygen atoms in total. The Morgan fingerprint density at radius 3 is 2.82 bits per heavy atom. The Morgan fingerprint density at radius 2 is 2.14 bits per heavy atom. The molecule has 1 aliphatic heterocycles. The molecule has 1 saturated heterocycles. The summed E-state index contributed by atoms with van der Waals surface area (Å²) in [5.74, 6) is 1.36. The first-order valence-corrected chi connectivity index (χ1v) is 9.78. The van der Waals surface area contributed by atoms with Crippen molar-refractivity contribution in [3.8, 4) is 11.4 Å². The first-order chi connectivity index (χ1) is 13.6. The van der Waals surface area contributed by atoms with Gasteiger partial charge in [0.2, 0.25) is 11.7 Å². The summed E-state index contributed by atoms with van der Waals surface area (Å²) in [7, 11) is 0. The van der Waals surface area contributed by atoms with Crippen molar-refractivity contribution in [2.24, 2.45) is 10.9 Å². The third kappa shape index (κ3) is 4.88. The lowest BCUT2D eigenvalue weighted by molar-refractivity contribution is 0.140. The van der Waals surface area contributed by atoms with Gasteiger partial charge >= 0.3 is 0 Å². The van der Waals surface area contributed by atoms with Gasteiger partial charge in [0.1, 0.15) is 6.61 Å². The van der Waals surface area contributed by atoms with Crippen LogP contribution in [0, 0.1) is 5.41 Å². The number of unbranched alkanes of at least 4 members (excludes halogenated alkanes) is 2. The molecule has 2 heterocycles. The number of likely N-dealkylation sites (tertiary alicyclic amines) is 1. The van der Waals surface area contributed by atoms with Crippen LogP contribution in [0.15, 0.2) is 33.9 Å². The third-order valence-electron chi connectivity index (χ3n) is 4.92. The SMILES string of the molecule is CCCCCO/N=C(\C)c1ccc(-c2noc([C@@H]3CCN(C(=N)N)C3)n2)cc1. The fourth-order valence-electron chi connectivity index (χ4n) is 3.17. The molecule has 1 fully saturated rings. The highest BCUT2D eigenvalue weighted by Crippen LogP contribution is 2.27. The molecule has 0 aliphatic carbocycles. The van der Waals surface area contributed by atoms with Crippen molar-refractivity contribution < 1.29 is 9.36 Å². The number of aromatic nitrogens is 2. The zero-order valence-corrected chi connectivity index (χ0v) is 16.5. The van der Waals surface area contributed by atoms with E-state index in [1.807, 2.05) is 36.1 Å². The molecule has 3 rings (SSSR count). The molecule has 8 heteroatoms. The minimum atomic E-state index is 0.0872. The van der Waals surface area contributed by atoms with Gasteiger partial charge in [0.25, 0.3) is 0 Å². The van der Waals surface area contributed by atoms with Gasteiger partial charge < -0.3 is 20.0 Å². The highest BCUT2D eigenvalue weighted by atomic mass is 16.6. The molecular weight excluding hydrogens is 356 g/mol. The topological polar surface area (TPSA) is 114 Å². The van der Waals surface area contributed by atoms with E-state index in [0.29, 0.717) is 24.9 Å². The van der Waals surface area contributed by atoms with Gasteiger partial charge in [0.15, 0.2) is 5.96 Å². The van der Waals surface area contributed by atoms with Crippen molar-refractivity contribution in [3.63, 3.8) is 0 Å². The van der Waals surface area contributed by atoms with Crippen LogP contribution in [0.5, 0.6) is 0 Å². The number of nitrogens with two attached hydrogens (primary N) is 1. The molecule has 0 amide bonds. The highest BCUT2D eigenvalue weighted by molar-refractivity contribution is 5.98. The second kappa shape index (κ2) is 9.34. The predicted molar refractivity (Wildman–Crippen MR) is 108 cm³/mol. The average molecular weight is 384 g/mol. The number of hydrogen-bond donors (Lipinski definition) is 2. The van der Waals surface area contributed by atoms with Crippen LogP contribution in [0.2, 0.25) is 0 Å². The van der Waals surface area contributed by atoms with Crippen molar-refractivity contribution >= 4 is 11.7 Å². The fraction of sp³-hybridized carbons (Fsp3) is 0.500. The van der Waals surface area contributed by atoms with Gasteiger partial charge in [-0.15, -0.1) is 0 Å². The summed E-state index contributed by atoms with van der Waals surface area (Å²) in [5, 5.41) is 15.8. The van der Waals surface area contributed by atoms with E-state index in [1.165, 1.54) is 6.42 Å². The van der Waals surface area contributed by atoms with Crippen molar-refractivity contribution in [2.75, 3.05) is 19.7 Å². The maximum absolute atomic E-state index is 7.53. The van der Waals surface area contributed by atoms with E-state index >= 15 is 0 Å². The lowest BCUT2D eigenvalue weighted by Crippen LogP contribution is -2.34. The van der Waals surface area contributed by atoms with Crippen LogP contribution in [0.1, 0.15) is 56.9 Å². The molecule has 150 valence electrons. The first-order valence-electron chi connectivity index (χ1n) is 9.78. The molecule has 2 aromatic rings. The molecule has 0 saturated carbocycles. The molecule has 28 heavy (non-hydrogen) atoms. The molecule has 0 radical (unpaired) electrons. The Morgan fingerprint density at radius 1 is 1.36 bits per heavy atom. The van der Waals surface area contributed by atoms with Crippen molar-refractivity contribution in [3.05, 3.63) is 35.7 Å². The molecule has 0 unspecified atom stereocenters. The van der Waals surface area contributed by atoms with Crippen LogP contribution < -0.4 is 5.73 Å². The summed E-state index contributed by atoms with van der Waals surface area (Å²) in [6.45, 7) is 6.13. The number of benzene rings is 1. The molecule has 0 spiro atoms. The van der Waals surface area contributed by atoms with E-state index in [0.717, 1.165) is 42.6 Å². The Balaban J connectivity index is 1.60. The minimum absolute atomic E-state index is 0.0872. The Kier molecular flexibility index (Phi) is 6.62. The van der Waals surface area contributed by atoms with Crippen LogP contribution >= 0.6 is 0 Å². The first kappa shape index (κ1) is 19.9. The molecule has 1 aromatic heterocycles. The van der Waals surface area contributed by atoms with E-state index in [2.05, 4.69) is 22.2 Å². The quantitative estimate of drug-likeness (QED) is 0.312. The number of nitrogens with zero attached hydrogens (tertiary/aromatic N) is 4. The summed E-state index contributed by atoms with van der Waals surface area (Å²) in [6, 6.07) is 7.87. The summed E-state index contributed by atoms with van der Waals surface area (Å²) in [5.41, 5.74) is 8.27. The number of hydrogen-bond acceptors (Lipinski definition) is 6. The van der Waals surface area contributed by atoms with E-state index in [-0.39, 0.29) is 11.9 Å². The van der Waals surface area contributed by atoms with Gasteiger partial charge in [-0.2, -0.15) is 4.98 Å². The van der Waals surface area contributed by atoms with E-state index in [9.17, 15) is 0 Å². The van der Waals surface area contributed by atoms with Crippen LogP contribution in [-0.4, -0.2) is 46.4 Å². The number of rotatable bonds is 8. The summed E-state index contributed by atoms with van der Waals surface area (Å²) >= 11 is 0. The van der Waals surface area contributed by atoms with Crippen molar-refractivity contribution in [1.29, 1.82) is 5.41 Å². The lowest BCUT2D eigenvalue weighted by Gasteiger charge is -2.14. The average Bonchev–Trinajstić information content (AvgIpc) is 3.37. The second-order valence-electron chi connectivity index (χ2n) is 7.07. The zero-order valence-electron chi connectivity index (χ0n) is 16.5. The van der Waals surface area contributed by atoms with Gasteiger partial charge in [0, 0.05) is 18.7 Å². The van der Waals surface area contributed by atoms with Gasteiger partial charge in [-0.25, -0.2) is 0 Å². The maximum atomic E-state index is 7.53. The van der Waals surface area contributed by atoms with E-state index < -0.39 is 0 Å². The van der Waals surface area contributed by atoms with Gasteiger partial charge in [-0.05, 0) is 25.3 Å². The largest absolute Gasteiger partial charge is 0.396 e. The van der Waals surface area contributed by atoms with Gasteiger partial charge in [0.05, 0.1) is 11.6 Å². The van der Waals surface area contributed by atoms with E-state index in [1.54, 1.807) is 0 Å². The van der Waals surface area contributed by atoms with Crippen molar-refractivity contribution in [1.82, 2.24) is 15.0 Å². The van der Waals surface area contributed by atoms with Crippen LogP contribution in [0.4, 0.5) is 0 Å². The number of nitrogens with one attached hydrogen (secondary N) is 1. The van der Waals surface area contributed by atoms with Gasteiger partial charge in [-0.1, -0.05) is 54.3 Å². The second-order valence-corrected chi connectivity index (χ2v) is 7.07. The summed E-state index contributed by atoms with van der Waals surface area (Å²) in [4.78, 5) is 11.7. The predicted octanol–water partition coefficient (Wildman–Crippen LogP) is 3.35. The molecular formula is C20H28N6O2. The molecule has 3 N–H and O–H groups in total. The summed E-state index contributed by atoms with van der Waals surface area (Å²) < 4.78 is 5.45. The summed E-state index contributed by atoms with van der Waals surface area (Å²) in [6.07, 6.45) is 4.20. The normalized spacial score (nSPS) is 17.1. The van der Waals surface area contributed by atoms with Crippen LogP contribution in [-0.2, 0) is 4.84 Å². The highest BCUT2D eigenvalue weighted by Gasteiger charge is 2.29. The monoisotopic (exact) mass is 384 g/mol. The standard InChI is InChI=1S/C20H28N6O2/c1-3-4-5-12-27-24-14(2)15-6-8-16(9-7-15)18-23-19(28-25-18)17-10-11-26(13-17)20(21)22/h6-9,17H,3-5,10-13H2,1-2H3,(H3,21,22)/b24-14+/t17-/m1/s1. The van der Waals surface area contributed by atoms with Crippen LogP contribution in [0.3, 0.4) is 0 Å². The molecule has 1 atom stereocenters.